The number of carbonyl (C=O) groups is 2. The first-order valence-electron chi connectivity index (χ1n) is 7.10. The number of carbonyl (C=O) groups excluding carboxylic acids is 1. The first-order chi connectivity index (χ1) is 12.2. The highest BCUT2D eigenvalue weighted by molar-refractivity contribution is 5.96. The Labute approximate surface area is 144 Å². The molecule has 0 aliphatic carbocycles. The summed E-state index contributed by atoms with van der Waals surface area (Å²) in [5.41, 5.74) is -1.19. The molecule has 0 aromatic heterocycles. The van der Waals surface area contributed by atoms with Crippen LogP contribution >= 0.6 is 0 Å². The second-order valence-electron chi connectivity index (χ2n) is 5.27. The van der Waals surface area contributed by atoms with Crippen molar-refractivity contribution < 1.29 is 32.8 Å². The Kier molecular flexibility index (Phi) is 5.55. The molecule has 2 rings (SSSR count). The van der Waals surface area contributed by atoms with Crippen molar-refractivity contribution >= 4 is 17.6 Å². The number of carboxylic acids is 1. The topological polar surface area (TPSA) is 110 Å². The Bertz CT molecular complexity index is 868. The fourth-order valence-corrected chi connectivity index (χ4v) is 2.19. The molecule has 10 heteroatoms. The number of hydrogen-bond acceptors (Lipinski definition) is 4. The lowest BCUT2D eigenvalue weighted by atomic mass is 10.0. The van der Waals surface area contributed by atoms with Gasteiger partial charge < -0.3 is 10.4 Å². The van der Waals surface area contributed by atoms with Gasteiger partial charge in [0.2, 0.25) is 5.82 Å². The van der Waals surface area contributed by atoms with Crippen molar-refractivity contribution in [1.82, 2.24) is 5.32 Å². The minimum absolute atomic E-state index is 0.0798. The van der Waals surface area contributed by atoms with Crippen molar-refractivity contribution in [2.24, 2.45) is 0 Å². The second kappa shape index (κ2) is 7.64. The van der Waals surface area contributed by atoms with Crippen LogP contribution in [0.1, 0.15) is 15.9 Å². The molecule has 0 bridgehead atoms. The molecule has 136 valence electrons. The van der Waals surface area contributed by atoms with Crippen molar-refractivity contribution in [2.45, 2.75) is 12.5 Å². The van der Waals surface area contributed by atoms with Crippen molar-refractivity contribution in [1.29, 1.82) is 0 Å². The van der Waals surface area contributed by atoms with Gasteiger partial charge in [-0.3, -0.25) is 14.9 Å². The molecule has 0 saturated heterocycles. The third-order valence-electron chi connectivity index (χ3n) is 3.38. The highest BCUT2D eigenvalue weighted by atomic mass is 19.1. The molecule has 2 aromatic rings. The van der Waals surface area contributed by atoms with E-state index in [0.717, 1.165) is 30.3 Å². The van der Waals surface area contributed by atoms with Crippen molar-refractivity contribution in [3.63, 3.8) is 0 Å². The van der Waals surface area contributed by atoms with Gasteiger partial charge in [-0.15, -0.1) is 0 Å². The first kappa shape index (κ1) is 18.9. The minimum atomic E-state index is -1.56. The van der Waals surface area contributed by atoms with Gasteiger partial charge in [-0.2, -0.15) is 4.39 Å². The quantitative estimate of drug-likeness (QED) is 0.601. The molecule has 7 nitrogen and oxygen atoms in total. The maximum atomic E-state index is 13.3. The number of nitro benzene ring substituents is 1. The van der Waals surface area contributed by atoms with Gasteiger partial charge in [0.05, 0.1) is 4.92 Å². The summed E-state index contributed by atoms with van der Waals surface area (Å²) >= 11 is 0. The third kappa shape index (κ3) is 4.56. The van der Waals surface area contributed by atoms with Crippen LogP contribution in [0.4, 0.5) is 18.9 Å². The number of carboxylic acid groups (broad SMARTS) is 1. The molecular formula is C16H11F3N2O5. The predicted molar refractivity (Wildman–Crippen MR) is 82.0 cm³/mol. The smallest absolute Gasteiger partial charge is 0.326 e. The van der Waals surface area contributed by atoms with Gasteiger partial charge in [0.1, 0.15) is 17.7 Å². The highest BCUT2D eigenvalue weighted by Crippen LogP contribution is 2.19. The molecule has 0 unspecified atom stereocenters. The molecule has 0 heterocycles. The van der Waals surface area contributed by atoms with Crippen LogP contribution in [0.15, 0.2) is 36.4 Å². The number of amides is 1. The fraction of sp³-hybridized carbons (Fsp3) is 0.125. The second-order valence-corrected chi connectivity index (χ2v) is 5.27. The monoisotopic (exact) mass is 368 g/mol. The summed E-state index contributed by atoms with van der Waals surface area (Å²) in [6, 6.07) is 3.21. The molecule has 0 saturated carbocycles. The van der Waals surface area contributed by atoms with Crippen molar-refractivity contribution in [2.75, 3.05) is 0 Å². The van der Waals surface area contributed by atoms with Crippen LogP contribution < -0.4 is 5.32 Å². The Hall–Kier alpha value is -3.43. The summed E-state index contributed by atoms with van der Waals surface area (Å²) in [7, 11) is 0. The summed E-state index contributed by atoms with van der Waals surface area (Å²) in [5.74, 6) is -5.66. The molecule has 0 fully saturated rings. The van der Waals surface area contributed by atoms with E-state index in [9.17, 15) is 38.0 Å². The zero-order chi connectivity index (χ0) is 19.4. The molecule has 1 amide bonds. The Morgan fingerprint density at radius 1 is 1.12 bits per heavy atom. The van der Waals surface area contributed by atoms with Gasteiger partial charge in [0.25, 0.3) is 5.91 Å². The van der Waals surface area contributed by atoms with E-state index in [1.165, 1.54) is 0 Å². The van der Waals surface area contributed by atoms with Gasteiger partial charge >= 0.3 is 11.7 Å². The molecule has 0 radical (unpaired) electrons. The Balaban J connectivity index is 2.22. The maximum absolute atomic E-state index is 13.3. The van der Waals surface area contributed by atoms with Crippen LogP contribution in [-0.2, 0) is 11.2 Å². The molecule has 2 aromatic carbocycles. The Morgan fingerprint density at radius 2 is 1.73 bits per heavy atom. The lowest BCUT2D eigenvalue weighted by molar-refractivity contribution is -0.387. The largest absolute Gasteiger partial charge is 0.480 e. The van der Waals surface area contributed by atoms with Crippen LogP contribution in [-0.4, -0.2) is 27.9 Å². The van der Waals surface area contributed by atoms with E-state index in [2.05, 4.69) is 5.32 Å². The highest BCUT2D eigenvalue weighted by Gasteiger charge is 2.23. The molecule has 2 N–H and O–H groups in total. The van der Waals surface area contributed by atoms with Gasteiger partial charge in [-0.25, -0.2) is 13.6 Å². The number of nitrogens with one attached hydrogen (secondary N) is 1. The van der Waals surface area contributed by atoms with Crippen LogP contribution in [0.25, 0.3) is 0 Å². The summed E-state index contributed by atoms with van der Waals surface area (Å²) in [6.45, 7) is 0. The van der Waals surface area contributed by atoms with E-state index in [4.69, 9.17) is 0 Å². The van der Waals surface area contributed by atoms with E-state index < -0.39 is 58.0 Å². The number of aliphatic carboxylic acids is 1. The molecular weight excluding hydrogens is 357 g/mol. The third-order valence-corrected chi connectivity index (χ3v) is 3.38. The first-order valence-corrected chi connectivity index (χ1v) is 7.10. The van der Waals surface area contributed by atoms with Gasteiger partial charge in [0, 0.05) is 24.1 Å². The number of benzene rings is 2. The van der Waals surface area contributed by atoms with Crippen molar-refractivity contribution in [3.05, 3.63) is 75.1 Å². The molecule has 0 aliphatic rings. The molecule has 1 atom stereocenters. The van der Waals surface area contributed by atoms with E-state index in [1.807, 2.05) is 0 Å². The SMILES string of the molecule is O=C(N[C@@H](Cc1ccc(F)c([N+](=O)[O-])c1)C(=O)O)c1cc(F)cc(F)c1. The predicted octanol–water partition coefficient (Wildman–Crippen LogP) is 2.44. The number of hydrogen-bond donors (Lipinski definition) is 2. The van der Waals surface area contributed by atoms with Crippen molar-refractivity contribution in [3.8, 4) is 0 Å². The zero-order valence-electron chi connectivity index (χ0n) is 12.9. The minimum Gasteiger partial charge on any atom is -0.480 e. The van der Waals surface area contributed by atoms with Crippen LogP contribution in [0, 0.1) is 27.6 Å². The van der Waals surface area contributed by atoms with Gasteiger partial charge in [0.15, 0.2) is 0 Å². The summed E-state index contributed by atoms with van der Waals surface area (Å²) in [4.78, 5) is 33.1. The van der Waals surface area contributed by atoms with E-state index in [1.54, 1.807) is 0 Å². The lowest BCUT2D eigenvalue weighted by Crippen LogP contribution is -2.42. The van der Waals surface area contributed by atoms with Gasteiger partial charge in [-0.05, 0) is 23.8 Å². The van der Waals surface area contributed by atoms with Gasteiger partial charge in [-0.1, -0.05) is 6.07 Å². The lowest BCUT2D eigenvalue weighted by Gasteiger charge is -2.15. The molecule has 0 aliphatic heterocycles. The van der Waals surface area contributed by atoms with E-state index in [-0.39, 0.29) is 5.56 Å². The average molecular weight is 368 g/mol. The van der Waals surface area contributed by atoms with E-state index >= 15 is 0 Å². The molecule has 0 spiro atoms. The summed E-state index contributed by atoms with van der Waals surface area (Å²) in [5, 5.41) is 22.0. The van der Waals surface area contributed by atoms with Crippen LogP contribution in [0.5, 0.6) is 0 Å². The normalized spacial score (nSPS) is 11.7. The summed E-state index contributed by atoms with van der Waals surface area (Å²) < 4.78 is 39.6. The van der Waals surface area contributed by atoms with Crippen LogP contribution in [0.2, 0.25) is 0 Å². The van der Waals surface area contributed by atoms with Crippen LogP contribution in [0.3, 0.4) is 0 Å². The number of rotatable bonds is 6. The number of nitro groups is 1. The van der Waals surface area contributed by atoms with E-state index in [0.29, 0.717) is 6.07 Å². The molecule has 26 heavy (non-hydrogen) atoms. The summed E-state index contributed by atoms with van der Waals surface area (Å²) in [6.07, 6.45) is -0.403. The number of nitrogens with zero attached hydrogens (tertiary/aromatic N) is 1. The number of halogens is 3. The fourth-order valence-electron chi connectivity index (χ4n) is 2.19. The maximum Gasteiger partial charge on any atom is 0.326 e. The average Bonchev–Trinajstić information content (AvgIpc) is 2.54. The zero-order valence-corrected chi connectivity index (χ0v) is 12.9. The standard InChI is InChI=1S/C16H11F3N2O5/c17-10-5-9(6-11(18)7-10)15(22)20-13(16(23)24)3-8-1-2-12(19)14(4-8)21(25)26/h1-2,4-7,13H,3H2,(H,20,22)(H,23,24)/t13-/m0/s1. The Morgan fingerprint density at radius 3 is 2.27 bits per heavy atom.